The minimum atomic E-state index is 0.243. The largest absolute Gasteiger partial charge is 0.375 e. The van der Waals surface area contributed by atoms with Crippen LogP contribution in [0.4, 0.5) is 5.82 Å². The summed E-state index contributed by atoms with van der Waals surface area (Å²) in [5.41, 5.74) is 1.06. The SMILES string of the molecule is CCCc1c(Cl)ncnc1N1CCOC(C)C1. The minimum absolute atomic E-state index is 0.243. The molecule has 0 radical (unpaired) electrons. The van der Waals surface area contributed by atoms with Gasteiger partial charge in [-0.15, -0.1) is 0 Å². The first-order valence-electron chi connectivity index (χ1n) is 6.08. The summed E-state index contributed by atoms with van der Waals surface area (Å²) in [6.07, 6.45) is 3.74. The molecular weight excluding hydrogens is 238 g/mol. The number of anilines is 1. The van der Waals surface area contributed by atoms with Crippen LogP contribution in [0.15, 0.2) is 6.33 Å². The molecule has 1 fully saturated rings. The van der Waals surface area contributed by atoms with Crippen LogP contribution < -0.4 is 4.90 Å². The van der Waals surface area contributed by atoms with Crippen molar-refractivity contribution in [3.8, 4) is 0 Å². The molecule has 1 aliphatic rings. The molecule has 0 saturated carbocycles. The van der Waals surface area contributed by atoms with E-state index in [1.807, 2.05) is 0 Å². The van der Waals surface area contributed by atoms with Crippen LogP contribution in [0.3, 0.4) is 0 Å². The zero-order valence-corrected chi connectivity index (χ0v) is 11.1. The number of hydrogen-bond acceptors (Lipinski definition) is 4. The van der Waals surface area contributed by atoms with Gasteiger partial charge in [0.25, 0.3) is 0 Å². The number of halogens is 1. The molecule has 1 atom stereocenters. The first kappa shape index (κ1) is 12.6. The van der Waals surface area contributed by atoms with Crippen molar-refractivity contribution in [2.24, 2.45) is 0 Å². The Kier molecular flexibility index (Phi) is 4.18. The second-order valence-corrected chi connectivity index (χ2v) is 4.70. The summed E-state index contributed by atoms with van der Waals surface area (Å²) < 4.78 is 5.54. The van der Waals surface area contributed by atoms with Crippen molar-refractivity contribution in [3.05, 3.63) is 17.0 Å². The third-order valence-corrected chi connectivity index (χ3v) is 3.24. The van der Waals surface area contributed by atoms with Crippen LogP contribution >= 0.6 is 11.6 Å². The van der Waals surface area contributed by atoms with Crippen LogP contribution in [0.5, 0.6) is 0 Å². The van der Waals surface area contributed by atoms with Gasteiger partial charge in [-0.1, -0.05) is 24.9 Å². The van der Waals surface area contributed by atoms with E-state index in [0.29, 0.717) is 5.15 Å². The van der Waals surface area contributed by atoms with E-state index in [9.17, 15) is 0 Å². The summed E-state index contributed by atoms with van der Waals surface area (Å²) in [5, 5.41) is 0.580. The fourth-order valence-electron chi connectivity index (χ4n) is 2.13. The Hall–Kier alpha value is -0.870. The summed E-state index contributed by atoms with van der Waals surface area (Å²) in [7, 11) is 0. The fourth-order valence-corrected chi connectivity index (χ4v) is 2.35. The van der Waals surface area contributed by atoms with Crippen molar-refractivity contribution in [2.45, 2.75) is 32.8 Å². The number of rotatable bonds is 3. The maximum absolute atomic E-state index is 6.15. The normalized spacial score (nSPS) is 20.6. The van der Waals surface area contributed by atoms with E-state index >= 15 is 0 Å². The standard InChI is InChI=1S/C12H18ClN3O/c1-3-4-10-11(13)14-8-15-12(10)16-5-6-17-9(2)7-16/h8-9H,3-7H2,1-2H3. The molecule has 1 unspecified atom stereocenters. The predicted molar refractivity (Wildman–Crippen MR) is 68.7 cm³/mol. The summed E-state index contributed by atoms with van der Waals surface area (Å²) >= 11 is 6.15. The molecule has 1 saturated heterocycles. The molecule has 0 amide bonds. The Labute approximate surface area is 107 Å². The van der Waals surface area contributed by atoms with Gasteiger partial charge >= 0.3 is 0 Å². The van der Waals surface area contributed by atoms with Gasteiger partial charge in [-0.05, 0) is 13.3 Å². The van der Waals surface area contributed by atoms with Gasteiger partial charge in [0.15, 0.2) is 0 Å². The summed E-state index contributed by atoms with van der Waals surface area (Å²) in [6, 6.07) is 0. The van der Waals surface area contributed by atoms with Crippen molar-refractivity contribution >= 4 is 17.4 Å². The van der Waals surface area contributed by atoms with Crippen LogP contribution in [0.1, 0.15) is 25.8 Å². The number of morpholine rings is 1. The lowest BCUT2D eigenvalue weighted by Crippen LogP contribution is -2.42. The Morgan fingerprint density at radius 3 is 3.06 bits per heavy atom. The van der Waals surface area contributed by atoms with E-state index in [4.69, 9.17) is 16.3 Å². The van der Waals surface area contributed by atoms with Crippen LogP contribution in [0.2, 0.25) is 5.15 Å². The van der Waals surface area contributed by atoms with Crippen molar-refractivity contribution < 1.29 is 4.74 Å². The average Bonchev–Trinajstić information content (AvgIpc) is 2.32. The van der Waals surface area contributed by atoms with E-state index in [1.165, 1.54) is 6.33 Å². The Morgan fingerprint density at radius 1 is 1.53 bits per heavy atom. The van der Waals surface area contributed by atoms with Crippen molar-refractivity contribution in [1.82, 2.24) is 9.97 Å². The molecule has 4 nitrogen and oxygen atoms in total. The highest BCUT2D eigenvalue weighted by Gasteiger charge is 2.21. The zero-order valence-electron chi connectivity index (χ0n) is 10.3. The second kappa shape index (κ2) is 5.65. The summed E-state index contributed by atoms with van der Waals surface area (Å²) in [4.78, 5) is 10.7. The Morgan fingerprint density at radius 2 is 2.35 bits per heavy atom. The minimum Gasteiger partial charge on any atom is -0.375 e. The van der Waals surface area contributed by atoms with Crippen molar-refractivity contribution in [3.63, 3.8) is 0 Å². The smallest absolute Gasteiger partial charge is 0.137 e. The first-order chi connectivity index (χ1) is 8.22. The summed E-state index contributed by atoms with van der Waals surface area (Å²) in [6.45, 7) is 6.69. The third kappa shape index (κ3) is 2.87. The zero-order chi connectivity index (χ0) is 12.3. The lowest BCUT2D eigenvalue weighted by atomic mass is 10.1. The van der Waals surface area contributed by atoms with Gasteiger partial charge in [0, 0.05) is 18.7 Å². The van der Waals surface area contributed by atoms with Gasteiger partial charge in [0.05, 0.1) is 12.7 Å². The van der Waals surface area contributed by atoms with Gasteiger partial charge in [-0.25, -0.2) is 9.97 Å². The fraction of sp³-hybridized carbons (Fsp3) is 0.667. The number of hydrogen-bond donors (Lipinski definition) is 0. The molecule has 2 heterocycles. The van der Waals surface area contributed by atoms with Crippen molar-refractivity contribution in [2.75, 3.05) is 24.6 Å². The van der Waals surface area contributed by atoms with Gasteiger partial charge in [-0.3, -0.25) is 0 Å². The maximum Gasteiger partial charge on any atom is 0.137 e. The average molecular weight is 256 g/mol. The lowest BCUT2D eigenvalue weighted by Gasteiger charge is -2.33. The molecule has 5 heteroatoms. The molecule has 0 aromatic carbocycles. The Bertz CT molecular complexity index is 386. The topological polar surface area (TPSA) is 38.2 Å². The molecule has 94 valence electrons. The number of ether oxygens (including phenoxy) is 1. The highest BCUT2D eigenvalue weighted by atomic mass is 35.5. The molecule has 0 bridgehead atoms. The predicted octanol–water partition coefficient (Wildman–Crippen LogP) is 2.31. The molecule has 0 N–H and O–H groups in total. The highest BCUT2D eigenvalue weighted by Crippen LogP contribution is 2.26. The van der Waals surface area contributed by atoms with Gasteiger partial charge < -0.3 is 9.64 Å². The first-order valence-corrected chi connectivity index (χ1v) is 6.46. The van der Waals surface area contributed by atoms with E-state index in [0.717, 1.165) is 43.9 Å². The molecule has 17 heavy (non-hydrogen) atoms. The van der Waals surface area contributed by atoms with E-state index < -0.39 is 0 Å². The second-order valence-electron chi connectivity index (χ2n) is 4.34. The van der Waals surface area contributed by atoms with Crippen LogP contribution in [-0.2, 0) is 11.2 Å². The van der Waals surface area contributed by atoms with E-state index in [1.54, 1.807) is 0 Å². The van der Waals surface area contributed by atoms with Crippen LogP contribution in [0, 0.1) is 0 Å². The molecule has 0 aliphatic carbocycles. The van der Waals surface area contributed by atoms with Gasteiger partial charge in [-0.2, -0.15) is 0 Å². The number of nitrogens with zero attached hydrogens (tertiary/aromatic N) is 3. The maximum atomic E-state index is 6.15. The third-order valence-electron chi connectivity index (χ3n) is 2.91. The van der Waals surface area contributed by atoms with Gasteiger partial charge in [0.1, 0.15) is 17.3 Å². The van der Waals surface area contributed by atoms with Crippen LogP contribution in [0.25, 0.3) is 0 Å². The monoisotopic (exact) mass is 255 g/mol. The van der Waals surface area contributed by atoms with E-state index in [-0.39, 0.29) is 6.10 Å². The Balaban J connectivity index is 2.27. The van der Waals surface area contributed by atoms with E-state index in [2.05, 4.69) is 28.7 Å². The van der Waals surface area contributed by atoms with Crippen LogP contribution in [-0.4, -0.2) is 35.8 Å². The molecule has 0 spiro atoms. The lowest BCUT2D eigenvalue weighted by molar-refractivity contribution is 0.0529. The molecule has 1 aliphatic heterocycles. The summed E-state index contributed by atoms with van der Waals surface area (Å²) in [5.74, 6) is 0.974. The molecule has 1 aromatic rings. The molecule has 1 aromatic heterocycles. The highest BCUT2D eigenvalue weighted by molar-refractivity contribution is 6.30. The quantitative estimate of drug-likeness (QED) is 0.777. The molecular formula is C12H18ClN3O. The molecule has 2 rings (SSSR count). The van der Waals surface area contributed by atoms with Gasteiger partial charge in [0.2, 0.25) is 0 Å². The van der Waals surface area contributed by atoms with Crippen molar-refractivity contribution in [1.29, 1.82) is 0 Å². The number of aromatic nitrogens is 2.